The number of aryl methyl sites for hydroxylation is 1. The van der Waals surface area contributed by atoms with Crippen molar-refractivity contribution in [3.63, 3.8) is 0 Å². The number of aromatic amines is 1. The van der Waals surface area contributed by atoms with Gasteiger partial charge in [0, 0.05) is 23.4 Å². The first-order valence-electron chi connectivity index (χ1n) is 10.1. The number of aromatic nitrogens is 3. The first kappa shape index (κ1) is 22.6. The van der Waals surface area contributed by atoms with Crippen LogP contribution in [0.25, 0.3) is 21.8 Å². The second-order valence-corrected chi connectivity index (χ2v) is 8.76. The third kappa shape index (κ3) is 5.41. The molecule has 168 valence electrons. The van der Waals surface area contributed by atoms with Gasteiger partial charge in [0.05, 0.1) is 4.88 Å². The van der Waals surface area contributed by atoms with E-state index in [-0.39, 0.29) is 18.1 Å². The highest BCUT2D eigenvalue weighted by atomic mass is 32.1. The predicted molar refractivity (Wildman–Crippen MR) is 128 cm³/mol. The summed E-state index contributed by atoms with van der Waals surface area (Å²) in [6.45, 7) is 2.30. The number of hydrogen-bond donors (Lipinski definition) is 3. The molecule has 4 rings (SSSR count). The first-order chi connectivity index (χ1) is 15.9. The fraction of sp³-hybridized carbons (Fsp3) is 0.130. The SMILES string of the molecule is Cc1ccc(-c2n[nH]c(=S)n2CCC(=O)NNC(=O)c2ccc(-c3ccc(F)cc3)s2)cc1. The molecule has 4 aromatic rings. The number of nitrogens with zero attached hydrogens (tertiary/aromatic N) is 2. The Morgan fingerprint density at radius 1 is 1.03 bits per heavy atom. The normalized spacial score (nSPS) is 10.7. The monoisotopic (exact) mass is 481 g/mol. The van der Waals surface area contributed by atoms with E-state index in [1.54, 1.807) is 28.8 Å². The maximum absolute atomic E-state index is 13.1. The van der Waals surface area contributed by atoms with Gasteiger partial charge in [-0.3, -0.25) is 30.1 Å². The summed E-state index contributed by atoms with van der Waals surface area (Å²) in [5.41, 5.74) is 7.68. The van der Waals surface area contributed by atoms with Crippen LogP contribution in [-0.2, 0) is 11.3 Å². The van der Waals surface area contributed by atoms with E-state index < -0.39 is 5.91 Å². The van der Waals surface area contributed by atoms with Crippen molar-refractivity contribution in [1.82, 2.24) is 25.6 Å². The lowest BCUT2D eigenvalue weighted by atomic mass is 10.1. The quantitative estimate of drug-likeness (QED) is 0.277. The van der Waals surface area contributed by atoms with Gasteiger partial charge in [-0.1, -0.05) is 42.0 Å². The van der Waals surface area contributed by atoms with Crippen molar-refractivity contribution in [2.45, 2.75) is 19.9 Å². The van der Waals surface area contributed by atoms with E-state index in [1.165, 1.54) is 23.5 Å². The molecule has 10 heteroatoms. The van der Waals surface area contributed by atoms with Gasteiger partial charge < -0.3 is 0 Å². The average Bonchev–Trinajstić information content (AvgIpc) is 3.44. The number of hydrazine groups is 1. The second kappa shape index (κ2) is 9.88. The smallest absolute Gasteiger partial charge is 0.279 e. The summed E-state index contributed by atoms with van der Waals surface area (Å²) >= 11 is 6.54. The summed E-state index contributed by atoms with van der Waals surface area (Å²) in [7, 11) is 0. The molecule has 0 aliphatic rings. The number of benzene rings is 2. The molecule has 2 aromatic carbocycles. The molecule has 3 N–H and O–H groups in total. The zero-order chi connectivity index (χ0) is 23.4. The zero-order valence-electron chi connectivity index (χ0n) is 17.6. The molecule has 0 saturated heterocycles. The molecule has 2 amide bonds. The Labute approximate surface area is 198 Å². The van der Waals surface area contributed by atoms with Crippen LogP contribution in [-0.4, -0.2) is 26.6 Å². The van der Waals surface area contributed by atoms with E-state index >= 15 is 0 Å². The van der Waals surface area contributed by atoms with Crippen LogP contribution in [0, 0.1) is 17.5 Å². The minimum absolute atomic E-state index is 0.0955. The van der Waals surface area contributed by atoms with Gasteiger partial charge in [-0.25, -0.2) is 4.39 Å². The van der Waals surface area contributed by atoms with Crippen LogP contribution in [0.15, 0.2) is 60.7 Å². The number of rotatable bonds is 6. The van der Waals surface area contributed by atoms with Crippen LogP contribution in [0.5, 0.6) is 0 Å². The molecule has 0 aliphatic carbocycles. The van der Waals surface area contributed by atoms with E-state index in [0.29, 0.717) is 22.0 Å². The number of carbonyl (C=O) groups excluding carboxylic acids is 2. The number of thiophene rings is 1. The third-order valence-corrected chi connectivity index (χ3v) is 6.35. The summed E-state index contributed by atoms with van der Waals surface area (Å²) in [5, 5.41) is 7.02. The van der Waals surface area contributed by atoms with Crippen molar-refractivity contribution >= 4 is 35.4 Å². The maximum atomic E-state index is 13.1. The van der Waals surface area contributed by atoms with Crippen LogP contribution in [0.1, 0.15) is 21.7 Å². The Morgan fingerprint density at radius 3 is 2.45 bits per heavy atom. The fourth-order valence-corrected chi connectivity index (χ4v) is 4.27. The number of amides is 2. The lowest BCUT2D eigenvalue weighted by Gasteiger charge is -2.09. The molecule has 2 aromatic heterocycles. The van der Waals surface area contributed by atoms with Crippen molar-refractivity contribution in [1.29, 1.82) is 0 Å². The van der Waals surface area contributed by atoms with Gasteiger partial charge >= 0.3 is 0 Å². The Morgan fingerprint density at radius 2 is 1.73 bits per heavy atom. The summed E-state index contributed by atoms with van der Waals surface area (Å²) in [6, 6.07) is 17.3. The molecule has 33 heavy (non-hydrogen) atoms. The van der Waals surface area contributed by atoms with Crippen molar-refractivity contribution < 1.29 is 14.0 Å². The molecule has 0 aliphatic heterocycles. The molecule has 0 atom stereocenters. The van der Waals surface area contributed by atoms with Crippen LogP contribution < -0.4 is 10.9 Å². The Kier molecular flexibility index (Phi) is 6.76. The molecule has 0 bridgehead atoms. The summed E-state index contributed by atoms with van der Waals surface area (Å²) in [4.78, 5) is 25.9. The van der Waals surface area contributed by atoms with Gasteiger partial charge in [0.2, 0.25) is 5.91 Å². The van der Waals surface area contributed by atoms with E-state index in [9.17, 15) is 14.0 Å². The van der Waals surface area contributed by atoms with Gasteiger partial charge in [0.25, 0.3) is 5.91 Å². The highest BCUT2D eigenvalue weighted by Crippen LogP contribution is 2.28. The first-order valence-corrected chi connectivity index (χ1v) is 11.3. The van der Waals surface area contributed by atoms with Gasteiger partial charge in [-0.05, 0) is 49.0 Å². The zero-order valence-corrected chi connectivity index (χ0v) is 19.2. The van der Waals surface area contributed by atoms with E-state index in [2.05, 4.69) is 21.0 Å². The second-order valence-electron chi connectivity index (χ2n) is 7.29. The number of hydrogen-bond acceptors (Lipinski definition) is 5. The molecule has 0 unspecified atom stereocenters. The van der Waals surface area contributed by atoms with Gasteiger partial charge in [-0.2, -0.15) is 5.10 Å². The van der Waals surface area contributed by atoms with Crippen molar-refractivity contribution in [3.8, 4) is 21.8 Å². The van der Waals surface area contributed by atoms with Crippen molar-refractivity contribution in [2.75, 3.05) is 0 Å². The number of nitrogens with one attached hydrogen (secondary N) is 3. The van der Waals surface area contributed by atoms with Gasteiger partial charge in [0.15, 0.2) is 10.6 Å². The van der Waals surface area contributed by atoms with Crippen LogP contribution >= 0.6 is 23.6 Å². The highest BCUT2D eigenvalue weighted by Gasteiger charge is 2.13. The van der Waals surface area contributed by atoms with Crippen molar-refractivity contribution in [3.05, 3.63) is 81.7 Å². The largest absolute Gasteiger partial charge is 0.300 e. The number of carbonyl (C=O) groups is 2. The Balaban J connectivity index is 1.33. The van der Waals surface area contributed by atoms with Crippen LogP contribution in [0.4, 0.5) is 4.39 Å². The molecule has 2 heterocycles. The lowest BCUT2D eigenvalue weighted by Crippen LogP contribution is -2.41. The molecule has 0 spiro atoms. The standard InChI is InChI=1S/C23H20FN5O2S2/c1-14-2-4-16(5-3-14)21-26-28-23(32)29(21)13-12-20(30)25-27-22(31)19-11-10-18(33-19)15-6-8-17(24)9-7-15/h2-11H,12-13H2,1H3,(H,25,30)(H,27,31)(H,28,32). The van der Waals surface area contributed by atoms with Gasteiger partial charge in [-0.15, -0.1) is 11.3 Å². The van der Waals surface area contributed by atoms with Crippen molar-refractivity contribution in [2.24, 2.45) is 0 Å². The third-order valence-electron chi connectivity index (χ3n) is 4.90. The van der Waals surface area contributed by atoms with E-state index in [0.717, 1.165) is 21.6 Å². The lowest BCUT2D eigenvalue weighted by molar-refractivity contribution is -0.122. The van der Waals surface area contributed by atoms with E-state index in [4.69, 9.17) is 12.2 Å². The summed E-state index contributed by atoms with van der Waals surface area (Å²) in [5.74, 6) is -0.471. The molecule has 0 fully saturated rings. The molecular weight excluding hydrogens is 461 g/mol. The average molecular weight is 482 g/mol. The minimum Gasteiger partial charge on any atom is -0.300 e. The Bertz CT molecular complexity index is 1340. The fourth-order valence-electron chi connectivity index (χ4n) is 3.14. The highest BCUT2D eigenvalue weighted by molar-refractivity contribution is 7.71. The van der Waals surface area contributed by atoms with Crippen LogP contribution in [0.3, 0.4) is 0 Å². The Hall–Kier alpha value is -3.63. The predicted octanol–water partition coefficient (Wildman–Crippen LogP) is 4.64. The molecule has 0 radical (unpaired) electrons. The summed E-state index contributed by atoms with van der Waals surface area (Å²) < 4.78 is 15.3. The van der Waals surface area contributed by atoms with Crippen LogP contribution in [0.2, 0.25) is 0 Å². The van der Waals surface area contributed by atoms with Gasteiger partial charge in [0.1, 0.15) is 5.82 Å². The molecule has 0 saturated carbocycles. The summed E-state index contributed by atoms with van der Waals surface area (Å²) in [6.07, 6.45) is 0.0955. The maximum Gasteiger partial charge on any atom is 0.279 e. The molecule has 7 nitrogen and oxygen atoms in total. The minimum atomic E-state index is -0.429. The van der Waals surface area contributed by atoms with E-state index in [1.807, 2.05) is 31.2 Å². The number of H-pyrrole nitrogens is 1. The topological polar surface area (TPSA) is 91.8 Å². The number of halogens is 1. The molecular formula is C23H20FN5O2S2.